The Kier molecular flexibility index (Phi) is 5.33. The summed E-state index contributed by atoms with van der Waals surface area (Å²) in [5.41, 5.74) is 6.18. The van der Waals surface area contributed by atoms with Crippen molar-refractivity contribution < 1.29 is 9.94 Å². The maximum Gasteiger partial charge on any atom is 0.170 e. The van der Waals surface area contributed by atoms with Gasteiger partial charge < -0.3 is 15.7 Å². The fourth-order valence-corrected chi connectivity index (χ4v) is 1.54. The Morgan fingerprint density at radius 2 is 2.12 bits per heavy atom. The SMILES string of the molecule is CCC(CC)COc1cccc(/C(N)=N/O)c1. The molecule has 94 valence electrons. The molecule has 4 nitrogen and oxygen atoms in total. The van der Waals surface area contributed by atoms with Crippen LogP contribution in [-0.4, -0.2) is 17.6 Å². The predicted octanol–water partition coefficient (Wildman–Crippen LogP) is 2.60. The Morgan fingerprint density at radius 3 is 2.71 bits per heavy atom. The van der Waals surface area contributed by atoms with Crippen LogP contribution >= 0.6 is 0 Å². The molecule has 0 aromatic heterocycles. The highest BCUT2D eigenvalue weighted by molar-refractivity contribution is 5.97. The zero-order valence-electron chi connectivity index (χ0n) is 10.4. The molecule has 0 spiro atoms. The fourth-order valence-electron chi connectivity index (χ4n) is 1.54. The van der Waals surface area contributed by atoms with Crippen LogP contribution in [0.5, 0.6) is 5.75 Å². The quantitative estimate of drug-likeness (QED) is 0.345. The van der Waals surface area contributed by atoms with E-state index in [2.05, 4.69) is 19.0 Å². The Balaban J connectivity index is 2.66. The van der Waals surface area contributed by atoms with Gasteiger partial charge in [0.05, 0.1) is 6.61 Å². The van der Waals surface area contributed by atoms with E-state index in [-0.39, 0.29) is 5.84 Å². The molecular formula is C13H20N2O2. The average Bonchev–Trinajstić information content (AvgIpc) is 2.39. The van der Waals surface area contributed by atoms with Crippen LogP contribution in [0.2, 0.25) is 0 Å². The van der Waals surface area contributed by atoms with Gasteiger partial charge in [-0.05, 0) is 18.1 Å². The summed E-state index contributed by atoms with van der Waals surface area (Å²) >= 11 is 0. The molecule has 0 saturated heterocycles. The van der Waals surface area contributed by atoms with Crippen molar-refractivity contribution in [2.24, 2.45) is 16.8 Å². The number of oxime groups is 1. The van der Waals surface area contributed by atoms with Crippen LogP contribution < -0.4 is 10.5 Å². The highest BCUT2D eigenvalue weighted by Gasteiger charge is 2.05. The summed E-state index contributed by atoms with van der Waals surface area (Å²) in [5.74, 6) is 1.42. The van der Waals surface area contributed by atoms with Gasteiger partial charge >= 0.3 is 0 Å². The molecule has 3 N–H and O–H groups in total. The normalized spacial score (nSPS) is 11.8. The summed E-state index contributed by atoms with van der Waals surface area (Å²) in [6.07, 6.45) is 2.22. The molecule has 0 bridgehead atoms. The molecule has 0 aliphatic carbocycles. The van der Waals surface area contributed by atoms with Crippen molar-refractivity contribution in [3.8, 4) is 5.75 Å². The molecule has 0 heterocycles. The van der Waals surface area contributed by atoms with Gasteiger partial charge in [-0.1, -0.05) is 44.0 Å². The highest BCUT2D eigenvalue weighted by atomic mass is 16.5. The van der Waals surface area contributed by atoms with Gasteiger partial charge in [0.15, 0.2) is 5.84 Å². The van der Waals surface area contributed by atoms with Crippen molar-refractivity contribution in [1.82, 2.24) is 0 Å². The molecular weight excluding hydrogens is 216 g/mol. The first-order chi connectivity index (χ1) is 8.21. The summed E-state index contributed by atoms with van der Waals surface area (Å²) in [6, 6.07) is 7.25. The van der Waals surface area contributed by atoms with Crippen LogP contribution in [-0.2, 0) is 0 Å². The first-order valence-electron chi connectivity index (χ1n) is 5.92. The second kappa shape index (κ2) is 6.78. The van der Waals surface area contributed by atoms with E-state index in [1.807, 2.05) is 12.1 Å². The lowest BCUT2D eigenvalue weighted by Crippen LogP contribution is -2.14. The maximum atomic E-state index is 8.60. The van der Waals surface area contributed by atoms with Gasteiger partial charge in [0, 0.05) is 5.56 Å². The number of hydrogen-bond donors (Lipinski definition) is 2. The van der Waals surface area contributed by atoms with E-state index in [0.29, 0.717) is 18.1 Å². The summed E-state index contributed by atoms with van der Waals surface area (Å²) in [7, 11) is 0. The number of hydrogen-bond acceptors (Lipinski definition) is 3. The molecule has 0 unspecified atom stereocenters. The largest absolute Gasteiger partial charge is 0.493 e. The first-order valence-corrected chi connectivity index (χ1v) is 5.92. The third-order valence-electron chi connectivity index (χ3n) is 2.88. The van der Waals surface area contributed by atoms with Crippen LogP contribution in [0.3, 0.4) is 0 Å². The van der Waals surface area contributed by atoms with E-state index in [4.69, 9.17) is 15.7 Å². The molecule has 0 amide bonds. The standard InChI is InChI=1S/C13H20N2O2/c1-3-10(4-2)9-17-12-7-5-6-11(8-12)13(14)15-16/h5-8,10,16H,3-4,9H2,1-2H3,(H2,14,15). The number of amidine groups is 1. The summed E-state index contributed by atoms with van der Waals surface area (Å²) in [6.45, 7) is 5.02. The molecule has 0 aliphatic heterocycles. The fraction of sp³-hybridized carbons (Fsp3) is 0.462. The lowest BCUT2D eigenvalue weighted by molar-refractivity contribution is 0.240. The van der Waals surface area contributed by atoms with Gasteiger partial charge in [-0.3, -0.25) is 0 Å². The molecule has 1 rings (SSSR count). The van der Waals surface area contributed by atoms with Gasteiger partial charge in [-0.25, -0.2) is 0 Å². The van der Waals surface area contributed by atoms with Crippen LogP contribution in [0.25, 0.3) is 0 Å². The monoisotopic (exact) mass is 236 g/mol. The Bertz CT molecular complexity index is 373. The summed E-state index contributed by atoms with van der Waals surface area (Å²) < 4.78 is 5.69. The lowest BCUT2D eigenvalue weighted by Gasteiger charge is -2.14. The first kappa shape index (κ1) is 13.4. The van der Waals surface area contributed by atoms with Crippen LogP contribution in [0.15, 0.2) is 29.4 Å². The number of rotatable bonds is 6. The molecule has 0 aliphatic rings. The van der Waals surface area contributed by atoms with Crippen molar-refractivity contribution in [2.45, 2.75) is 26.7 Å². The smallest absolute Gasteiger partial charge is 0.170 e. The van der Waals surface area contributed by atoms with Gasteiger partial charge in [-0.2, -0.15) is 0 Å². The van der Waals surface area contributed by atoms with E-state index in [9.17, 15) is 0 Å². The van der Waals surface area contributed by atoms with Gasteiger partial charge in [0.2, 0.25) is 0 Å². The van der Waals surface area contributed by atoms with Crippen molar-refractivity contribution >= 4 is 5.84 Å². The minimum atomic E-state index is 0.0954. The minimum absolute atomic E-state index is 0.0954. The zero-order chi connectivity index (χ0) is 12.7. The van der Waals surface area contributed by atoms with Crippen LogP contribution in [0.4, 0.5) is 0 Å². The number of nitrogens with zero attached hydrogens (tertiary/aromatic N) is 1. The third-order valence-corrected chi connectivity index (χ3v) is 2.88. The predicted molar refractivity (Wildman–Crippen MR) is 68.5 cm³/mol. The van der Waals surface area contributed by atoms with E-state index in [0.717, 1.165) is 18.6 Å². The van der Waals surface area contributed by atoms with Crippen LogP contribution in [0, 0.1) is 5.92 Å². The van der Waals surface area contributed by atoms with Gasteiger partial charge in [0.1, 0.15) is 5.75 Å². The van der Waals surface area contributed by atoms with Crippen molar-refractivity contribution in [2.75, 3.05) is 6.61 Å². The average molecular weight is 236 g/mol. The minimum Gasteiger partial charge on any atom is -0.493 e. The second-order valence-electron chi connectivity index (χ2n) is 4.01. The second-order valence-corrected chi connectivity index (χ2v) is 4.01. The molecule has 17 heavy (non-hydrogen) atoms. The molecule has 4 heteroatoms. The molecule has 1 aromatic carbocycles. The maximum absolute atomic E-state index is 8.60. The summed E-state index contributed by atoms with van der Waals surface area (Å²) in [4.78, 5) is 0. The van der Waals surface area contributed by atoms with Crippen LogP contribution in [0.1, 0.15) is 32.3 Å². The molecule has 0 fully saturated rings. The molecule has 0 radical (unpaired) electrons. The van der Waals surface area contributed by atoms with Crippen molar-refractivity contribution in [1.29, 1.82) is 0 Å². The van der Waals surface area contributed by atoms with E-state index < -0.39 is 0 Å². The van der Waals surface area contributed by atoms with Gasteiger partial charge in [0.25, 0.3) is 0 Å². The van der Waals surface area contributed by atoms with E-state index >= 15 is 0 Å². The third kappa shape index (κ3) is 3.98. The highest BCUT2D eigenvalue weighted by Crippen LogP contribution is 2.16. The van der Waals surface area contributed by atoms with Gasteiger partial charge in [-0.15, -0.1) is 0 Å². The number of ether oxygens (including phenoxy) is 1. The van der Waals surface area contributed by atoms with E-state index in [1.165, 1.54) is 0 Å². The molecule has 0 atom stereocenters. The van der Waals surface area contributed by atoms with E-state index in [1.54, 1.807) is 12.1 Å². The molecule has 1 aromatic rings. The summed E-state index contributed by atoms with van der Waals surface area (Å²) in [5, 5.41) is 11.6. The number of benzene rings is 1. The Labute approximate surface area is 102 Å². The Hall–Kier alpha value is -1.71. The van der Waals surface area contributed by atoms with Crippen molar-refractivity contribution in [3.05, 3.63) is 29.8 Å². The number of nitrogens with two attached hydrogens (primary N) is 1. The molecule has 0 saturated carbocycles. The Morgan fingerprint density at radius 1 is 1.41 bits per heavy atom. The van der Waals surface area contributed by atoms with Crippen molar-refractivity contribution in [3.63, 3.8) is 0 Å². The zero-order valence-corrected chi connectivity index (χ0v) is 10.4. The topological polar surface area (TPSA) is 67.8 Å². The lowest BCUT2D eigenvalue weighted by atomic mass is 10.1.